The second-order valence-corrected chi connectivity index (χ2v) is 6.94. The summed E-state index contributed by atoms with van der Waals surface area (Å²) < 4.78 is 10.6. The van der Waals surface area contributed by atoms with Gasteiger partial charge in [0.15, 0.2) is 0 Å². The molecule has 0 bridgehead atoms. The first-order valence-corrected chi connectivity index (χ1v) is 10.5. The molecule has 1 aromatic carbocycles. The van der Waals surface area contributed by atoms with Crippen molar-refractivity contribution < 1.29 is 19.1 Å². The second-order valence-electron chi connectivity index (χ2n) is 6.94. The van der Waals surface area contributed by atoms with Crippen LogP contribution in [-0.2, 0) is 9.47 Å². The highest BCUT2D eigenvalue weighted by Crippen LogP contribution is 2.19. The lowest BCUT2D eigenvalue weighted by atomic mass is 10.1. The number of hydrogen-bond acceptors (Lipinski definition) is 6. The fraction of sp³-hybridized carbons (Fsp3) is 0.636. The highest BCUT2D eigenvalue weighted by atomic mass is 35.5. The largest absolute Gasteiger partial charge is 0.462 e. The number of unbranched alkanes of at least 4 members (excludes halogenated alkanes) is 2. The van der Waals surface area contributed by atoms with E-state index in [1.54, 1.807) is 18.2 Å². The second kappa shape index (κ2) is 16.1. The van der Waals surface area contributed by atoms with Crippen LogP contribution in [0.2, 0.25) is 0 Å². The van der Waals surface area contributed by atoms with Crippen molar-refractivity contribution in [3.05, 3.63) is 29.3 Å². The minimum Gasteiger partial charge on any atom is -0.462 e. The number of ether oxygens (including phenoxy) is 2. The van der Waals surface area contributed by atoms with E-state index in [2.05, 4.69) is 18.7 Å². The lowest BCUT2D eigenvalue weighted by Crippen LogP contribution is -2.28. The molecule has 1 aromatic rings. The van der Waals surface area contributed by atoms with Gasteiger partial charge in [-0.15, -0.1) is 12.4 Å². The first-order valence-electron chi connectivity index (χ1n) is 10.5. The zero-order valence-corrected chi connectivity index (χ0v) is 18.9. The van der Waals surface area contributed by atoms with Crippen LogP contribution in [0.3, 0.4) is 0 Å². The Morgan fingerprint density at radius 3 is 2.03 bits per heavy atom. The van der Waals surface area contributed by atoms with Crippen LogP contribution in [0.15, 0.2) is 18.2 Å². The SMILES string of the molecule is CCCCN(CCCC)CCCOC(=O)c1cccc(N)c1C(=O)OCCC.Cl. The Morgan fingerprint density at radius 2 is 1.45 bits per heavy atom. The van der Waals surface area contributed by atoms with Gasteiger partial charge in [-0.2, -0.15) is 0 Å². The summed E-state index contributed by atoms with van der Waals surface area (Å²) in [5.74, 6) is -1.12. The molecule has 0 aliphatic carbocycles. The van der Waals surface area contributed by atoms with Crippen LogP contribution in [-0.4, -0.2) is 49.7 Å². The summed E-state index contributed by atoms with van der Waals surface area (Å²) in [6.45, 7) is 9.93. The Labute approximate surface area is 181 Å². The number of esters is 2. The molecule has 0 fully saturated rings. The zero-order chi connectivity index (χ0) is 20.8. The van der Waals surface area contributed by atoms with Crippen LogP contribution in [0.25, 0.3) is 0 Å². The topological polar surface area (TPSA) is 81.9 Å². The van der Waals surface area contributed by atoms with Crippen LogP contribution in [0.1, 0.15) is 80.0 Å². The molecule has 0 aromatic heterocycles. The average Bonchev–Trinajstić information content (AvgIpc) is 2.70. The number of anilines is 1. The highest BCUT2D eigenvalue weighted by molar-refractivity contribution is 6.06. The number of halogens is 1. The summed E-state index contributed by atoms with van der Waals surface area (Å²) in [5, 5.41) is 0. The van der Waals surface area contributed by atoms with Gasteiger partial charge in [0.25, 0.3) is 0 Å². The predicted molar refractivity (Wildman–Crippen MR) is 120 cm³/mol. The third-order valence-corrected chi connectivity index (χ3v) is 4.47. The standard InChI is InChI=1S/C22H36N2O4.ClH/c1-4-7-13-24(14-8-5-2)15-10-17-28-21(25)18-11-9-12-19(23)20(18)22(26)27-16-6-3;/h9,11-12H,4-8,10,13-17,23H2,1-3H3;1H. The summed E-state index contributed by atoms with van der Waals surface area (Å²) in [6.07, 6.45) is 6.15. The van der Waals surface area contributed by atoms with Gasteiger partial charge in [-0.25, -0.2) is 9.59 Å². The summed E-state index contributed by atoms with van der Waals surface area (Å²) in [7, 11) is 0. The molecule has 2 N–H and O–H groups in total. The normalized spacial score (nSPS) is 10.5. The molecule has 0 aliphatic heterocycles. The molecule has 0 saturated carbocycles. The fourth-order valence-corrected chi connectivity index (χ4v) is 2.86. The number of rotatable bonds is 14. The van der Waals surface area contributed by atoms with Crippen molar-refractivity contribution in [3.8, 4) is 0 Å². The lowest BCUT2D eigenvalue weighted by Gasteiger charge is -2.21. The Kier molecular flexibility index (Phi) is 15.1. The first kappa shape index (κ1) is 27.2. The van der Waals surface area contributed by atoms with E-state index in [1.165, 1.54) is 25.7 Å². The number of nitrogen functional groups attached to an aromatic ring is 1. The summed E-state index contributed by atoms with van der Waals surface area (Å²) >= 11 is 0. The van der Waals surface area contributed by atoms with Gasteiger partial charge < -0.3 is 20.1 Å². The molecule has 6 nitrogen and oxygen atoms in total. The molecule has 0 aliphatic rings. The number of carbonyl (C=O) groups is 2. The van der Waals surface area contributed by atoms with E-state index in [0.29, 0.717) is 13.0 Å². The molecule has 29 heavy (non-hydrogen) atoms. The molecule has 0 atom stereocenters. The molecule has 0 unspecified atom stereocenters. The number of nitrogens with two attached hydrogens (primary N) is 1. The Morgan fingerprint density at radius 1 is 0.862 bits per heavy atom. The van der Waals surface area contributed by atoms with E-state index in [0.717, 1.165) is 26.1 Å². The summed E-state index contributed by atoms with van der Waals surface area (Å²) in [6, 6.07) is 4.77. The molecule has 0 heterocycles. The monoisotopic (exact) mass is 428 g/mol. The first-order chi connectivity index (χ1) is 13.5. The van der Waals surface area contributed by atoms with Gasteiger partial charge >= 0.3 is 11.9 Å². The maximum Gasteiger partial charge on any atom is 0.341 e. The van der Waals surface area contributed by atoms with Crippen molar-refractivity contribution in [2.24, 2.45) is 0 Å². The van der Waals surface area contributed by atoms with Crippen LogP contribution >= 0.6 is 12.4 Å². The van der Waals surface area contributed by atoms with Gasteiger partial charge in [-0.05, 0) is 50.9 Å². The van der Waals surface area contributed by atoms with Crippen molar-refractivity contribution in [3.63, 3.8) is 0 Å². The summed E-state index contributed by atoms with van der Waals surface area (Å²) in [4.78, 5) is 27.2. The molecule has 0 saturated heterocycles. The van der Waals surface area contributed by atoms with Crippen molar-refractivity contribution in [1.82, 2.24) is 4.90 Å². The summed E-state index contributed by atoms with van der Waals surface area (Å²) in [5.41, 5.74) is 6.38. The van der Waals surface area contributed by atoms with Gasteiger partial charge in [0, 0.05) is 12.2 Å². The number of benzene rings is 1. The Balaban J connectivity index is 0.00000784. The van der Waals surface area contributed by atoms with Crippen LogP contribution in [0.4, 0.5) is 5.69 Å². The number of carbonyl (C=O) groups excluding carboxylic acids is 2. The van der Waals surface area contributed by atoms with Gasteiger partial charge in [0.1, 0.15) is 0 Å². The fourth-order valence-electron chi connectivity index (χ4n) is 2.86. The minimum absolute atomic E-state index is 0. The van der Waals surface area contributed by atoms with Crippen molar-refractivity contribution in [2.45, 2.75) is 59.3 Å². The molecule has 0 amide bonds. The molecule has 0 radical (unpaired) electrons. The molecule has 1 rings (SSSR count). The highest BCUT2D eigenvalue weighted by Gasteiger charge is 2.22. The molecular formula is C22H37ClN2O4. The third-order valence-electron chi connectivity index (χ3n) is 4.47. The number of nitrogens with zero attached hydrogens (tertiary/aromatic N) is 1. The molecular weight excluding hydrogens is 392 g/mol. The maximum absolute atomic E-state index is 12.5. The van der Waals surface area contributed by atoms with E-state index in [4.69, 9.17) is 15.2 Å². The number of hydrogen-bond donors (Lipinski definition) is 1. The van der Waals surface area contributed by atoms with Gasteiger partial charge in [-0.3, -0.25) is 0 Å². The molecule has 7 heteroatoms. The third kappa shape index (κ3) is 9.99. The van der Waals surface area contributed by atoms with Gasteiger partial charge in [-0.1, -0.05) is 39.7 Å². The molecule has 0 spiro atoms. The minimum atomic E-state index is -0.586. The van der Waals surface area contributed by atoms with Crippen LogP contribution in [0.5, 0.6) is 0 Å². The Hall–Kier alpha value is -1.79. The van der Waals surface area contributed by atoms with Gasteiger partial charge in [0.05, 0.1) is 24.3 Å². The van der Waals surface area contributed by atoms with Crippen LogP contribution < -0.4 is 5.73 Å². The van der Waals surface area contributed by atoms with E-state index in [-0.39, 0.29) is 35.8 Å². The van der Waals surface area contributed by atoms with Crippen molar-refractivity contribution >= 4 is 30.0 Å². The molecule has 166 valence electrons. The predicted octanol–water partition coefficient (Wildman–Crippen LogP) is 4.71. The van der Waals surface area contributed by atoms with E-state index in [9.17, 15) is 9.59 Å². The van der Waals surface area contributed by atoms with Gasteiger partial charge in [0.2, 0.25) is 0 Å². The average molecular weight is 429 g/mol. The Bertz CT molecular complexity index is 602. The maximum atomic E-state index is 12.5. The van der Waals surface area contributed by atoms with Crippen molar-refractivity contribution in [1.29, 1.82) is 0 Å². The smallest absolute Gasteiger partial charge is 0.341 e. The quantitative estimate of drug-likeness (QED) is 0.262. The zero-order valence-electron chi connectivity index (χ0n) is 18.1. The van der Waals surface area contributed by atoms with E-state index in [1.807, 2.05) is 6.92 Å². The van der Waals surface area contributed by atoms with Crippen molar-refractivity contribution in [2.75, 3.05) is 38.6 Å². The lowest BCUT2D eigenvalue weighted by molar-refractivity contribution is 0.0449. The van der Waals surface area contributed by atoms with E-state index >= 15 is 0 Å². The van der Waals surface area contributed by atoms with E-state index < -0.39 is 11.9 Å². The van der Waals surface area contributed by atoms with Crippen LogP contribution in [0, 0.1) is 0 Å².